The second kappa shape index (κ2) is 6.02. The molecule has 16 heavy (non-hydrogen) atoms. The number of nitrogens with zero attached hydrogens (tertiary/aromatic N) is 1. The maximum atomic E-state index is 12.3. The van der Waals surface area contributed by atoms with E-state index in [0.717, 1.165) is 15.1 Å². The predicted molar refractivity (Wildman–Crippen MR) is 63.6 cm³/mol. The highest BCUT2D eigenvalue weighted by atomic mass is 79.9. The van der Waals surface area contributed by atoms with E-state index in [9.17, 15) is 13.2 Å². The van der Waals surface area contributed by atoms with E-state index in [1.165, 1.54) is 16.2 Å². The zero-order valence-corrected chi connectivity index (χ0v) is 11.3. The Bertz CT molecular complexity index is 324. The molecule has 0 spiro atoms. The van der Waals surface area contributed by atoms with Crippen LogP contribution in [0.1, 0.15) is 18.2 Å². The van der Waals surface area contributed by atoms with Crippen LogP contribution < -0.4 is 0 Å². The lowest BCUT2D eigenvalue weighted by Crippen LogP contribution is -2.34. The molecule has 6 heteroatoms. The average Bonchev–Trinajstić information content (AvgIpc) is 2.48. The third-order valence-electron chi connectivity index (χ3n) is 1.95. The first-order chi connectivity index (χ1) is 7.40. The van der Waals surface area contributed by atoms with Gasteiger partial charge in [-0.05, 0) is 41.0 Å². The Labute approximate surface area is 105 Å². The smallest absolute Gasteiger partial charge is 0.290 e. The van der Waals surface area contributed by atoms with Crippen LogP contribution >= 0.6 is 27.3 Å². The molecule has 0 atom stereocenters. The molecule has 1 aromatic rings. The first-order valence-electron chi connectivity index (χ1n) is 4.94. The molecule has 1 nitrogen and oxygen atoms in total. The van der Waals surface area contributed by atoms with Crippen molar-refractivity contribution < 1.29 is 13.2 Å². The minimum absolute atomic E-state index is 0.365. The van der Waals surface area contributed by atoms with Crippen molar-refractivity contribution in [3.8, 4) is 0 Å². The van der Waals surface area contributed by atoms with Crippen LogP contribution in [0.25, 0.3) is 0 Å². The molecule has 0 aliphatic carbocycles. The van der Waals surface area contributed by atoms with Crippen molar-refractivity contribution in [3.05, 3.63) is 20.8 Å². The number of alkyl halides is 3. The highest BCUT2D eigenvalue weighted by molar-refractivity contribution is 9.11. The molecule has 1 heterocycles. The van der Waals surface area contributed by atoms with Gasteiger partial charge in [0.25, 0.3) is 0 Å². The van der Waals surface area contributed by atoms with Gasteiger partial charge in [-0.25, -0.2) is 0 Å². The maximum absolute atomic E-state index is 12.3. The first-order valence-corrected chi connectivity index (χ1v) is 6.55. The summed E-state index contributed by atoms with van der Waals surface area (Å²) in [7, 11) is 0. The summed E-state index contributed by atoms with van der Waals surface area (Å²) in [4.78, 5) is 2.38. The molecular weight excluding hydrogens is 303 g/mol. The third-order valence-corrected chi connectivity index (χ3v) is 3.56. The van der Waals surface area contributed by atoms with Crippen molar-refractivity contribution in [1.29, 1.82) is 0 Å². The Morgan fingerprint density at radius 1 is 1.38 bits per heavy atom. The summed E-state index contributed by atoms with van der Waals surface area (Å²) < 4.78 is 37.8. The van der Waals surface area contributed by atoms with Crippen molar-refractivity contribution in [2.24, 2.45) is 0 Å². The van der Waals surface area contributed by atoms with E-state index in [4.69, 9.17) is 0 Å². The molecule has 92 valence electrons. The van der Waals surface area contributed by atoms with Crippen LogP contribution in [0.5, 0.6) is 0 Å². The van der Waals surface area contributed by atoms with Crippen molar-refractivity contribution in [3.63, 3.8) is 0 Å². The molecule has 0 aliphatic heterocycles. The summed E-state index contributed by atoms with van der Waals surface area (Å²) in [6, 6.07) is 3.71. The number of hydrogen-bond donors (Lipinski definition) is 0. The van der Waals surface area contributed by atoms with E-state index in [-0.39, 0.29) is 0 Å². The van der Waals surface area contributed by atoms with Gasteiger partial charge in [-0.2, -0.15) is 13.2 Å². The molecule has 1 rings (SSSR count). The second-order valence-electron chi connectivity index (χ2n) is 3.53. The van der Waals surface area contributed by atoms with Crippen molar-refractivity contribution in [2.75, 3.05) is 13.1 Å². The number of rotatable bonds is 5. The minimum Gasteiger partial charge on any atom is -0.290 e. The van der Waals surface area contributed by atoms with Gasteiger partial charge in [-0.3, -0.25) is 4.90 Å². The van der Waals surface area contributed by atoms with E-state index in [2.05, 4.69) is 15.9 Å². The number of halogens is 4. The lowest BCUT2D eigenvalue weighted by Gasteiger charge is -2.22. The zero-order valence-electron chi connectivity index (χ0n) is 8.85. The van der Waals surface area contributed by atoms with Gasteiger partial charge < -0.3 is 0 Å². The Morgan fingerprint density at radius 3 is 2.50 bits per heavy atom. The first kappa shape index (κ1) is 14.0. The topological polar surface area (TPSA) is 3.24 Å². The molecule has 0 saturated carbocycles. The molecule has 0 bridgehead atoms. The third kappa shape index (κ3) is 5.32. The van der Waals surface area contributed by atoms with Crippen LogP contribution in [0.15, 0.2) is 15.9 Å². The van der Waals surface area contributed by atoms with Crippen molar-refractivity contribution in [1.82, 2.24) is 4.90 Å². The normalized spacial score (nSPS) is 12.4. The molecule has 0 radical (unpaired) electrons. The molecule has 0 aromatic carbocycles. The van der Waals surface area contributed by atoms with Crippen LogP contribution in [0.3, 0.4) is 0 Å². The zero-order chi connectivity index (χ0) is 12.2. The molecular formula is C10H13BrF3NS. The van der Waals surface area contributed by atoms with E-state index >= 15 is 0 Å². The fourth-order valence-corrected chi connectivity index (χ4v) is 2.97. The Hall–Kier alpha value is -0.0700. The fourth-order valence-electron chi connectivity index (χ4n) is 1.44. The van der Waals surface area contributed by atoms with Gasteiger partial charge in [0.1, 0.15) is 0 Å². The predicted octanol–water partition coefficient (Wildman–Crippen LogP) is 4.28. The summed E-state index contributed by atoms with van der Waals surface area (Å²) in [5.41, 5.74) is 0. The van der Waals surface area contributed by atoms with E-state index in [0.29, 0.717) is 13.1 Å². The molecule has 0 fully saturated rings. The standard InChI is InChI=1S/C10H13BrF3NS/c1-2-5-15(7-10(12,13)14)6-8-3-4-9(11)16-8/h3-4H,2,5-7H2,1H3. The van der Waals surface area contributed by atoms with Crippen LogP contribution in [-0.2, 0) is 6.54 Å². The van der Waals surface area contributed by atoms with Gasteiger partial charge >= 0.3 is 6.18 Å². The van der Waals surface area contributed by atoms with Gasteiger partial charge in [0, 0.05) is 11.4 Å². The van der Waals surface area contributed by atoms with Crippen molar-refractivity contribution in [2.45, 2.75) is 26.1 Å². The van der Waals surface area contributed by atoms with Crippen LogP contribution in [0, 0.1) is 0 Å². The Kier molecular flexibility index (Phi) is 5.27. The summed E-state index contributed by atoms with van der Waals surface area (Å²) in [6.45, 7) is 1.88. The molecule has 0 saturated heterocycles. The van der Waals surface area contributed by atoms with Gasteiger partial charge in [-0.1, -0.05) is 6.92 Å². The van der Waals surface area contributed by atoms with E-state index < -0.39 is 12.7 Å². The minimum atomic E-state index is -4.12. The lowest BCUT2D eigenvalue weighted by molar-refractivity contribution is -0.147. The van der Waals surface area contributed by atoms with Gasteiger partial charge in [0.2, 0.25) is 0 Å². The van der Waals surface area contributed by atoms with E-state index in [1.54, 1.807) is 0 Å². The SMILES string of the molecule is CCCN(Cc1ccc(Br)s1)CC(F)(F)F. The highest BCUT2D eigenvalue weighted by Crippen LogP contribution is 2.25. The van der Waals surface area contributed by atoms with Crippen molar-refractivity contribution >= 4 is 27.3 Å². The molecule has 0 unspecified atom stereocenters. The second-order valence-corrected chi connectivity index (χ2v) is 6.08. The Morgan fingerprint density at radius 2 is 2.06 bits per heavy atom. The average molecular weight is 316 g/mol. The van der Waals surface area contributed by atoms with Gasteiger partial charge in [0.05, 0.1) is 10.3 Å². The highest BCUT2D eigenvalue weighted by Gasteiger charge is 2.30. The molecule has 0 amide bonds. The molecule has 0 N–H and O–H groups in total. The van der Waals surface area contributed by atoms with E-state index in [1.807, 2.05) is 19.1 Å². The molecule has 1 aromatic heterocycles. The summed E-state index contributed by atoms with van der Waals surface area (Å²) in [5.74, 6) is 0. The van der Waals surface area contributed by atoms with Crippen LogP contribution in [0.2, 0.25) is 0 Å². The summed E-state index contributed by atoms with van der Waals surface area (Å²) in [6.07, 6.45) is -3.40. The monoisotopic (exact) mass is 315 g/mol. The van der Waals surface area contributed by atoms with Gasteiger partial charge in [-0.15, -0.1) is 11.3 Å². The van der Waals surface area contributed by atoms with Crippen LogP contribution in [0.4, 0.5) is 13.2 Å². The number of hydrogen-bond acceptors (Lipinski definition) is 2. The molecule has 0 aliphatic rings. The summed E-state index contributed by atoms with van der Waals surface area (Å²) >= 11 is 4.78. The Balaban J connectivity index is 2.57. The van der Waals surface area contributed by atoms with Crippen LogP contribution in [-0.4, -0.2) is 24.2 Å². The van der Waals surface area contributed by atoms with Gasteiger partial charge in [0.15, 0.2) is 0 Å². The summed E-state index contributed by atoms with van der Waals surface area (Å²) in [5, 5.41) is 0. The quantitative estimate of drug-likeness (QED) is 0.783. The fraction of sp³-hybridized carbons (Fsp3) is 0.600. The maximum Gasteiger partial charge on any atom is 0.401 e. The number of thiophene rings is 1. The lowest BCUT2D eigenvalue weighted by atomic mass is 10.3. The largest absolute Gasteiger partial charge is 0.401 e.